The average Bonchev–Trinajstić information content (AvgIpc) is 2.52. The standard InChI is InChI=1S/C17H17F3N2O/c1-11(13-8-5-9-14(10-13)17(18,19)20)22-15(16(21)23)12-6-3-2-4-7-12/h2-11,15,22H,1H3,(H2,21,23). The van der Waals surface area contributed by atoms with Gasteiger partial charge in [0, 0.05) is 6.04 Å². The predicted octanol–water partition coefficient (Wildman–Crippen LogP) is 3.58. The van der Waals surface area contributed by atoms with Crippen LogP contribution in [-0.2, 0) is 11.0 Å². The normalized spacial score (nSPS) is 14.3. The Morgan fingerprint density at radius 1 is 1.04 bits per heavy atom. The number of nitrogens with one attached hydrogen (secondary N) is 1. The summed E-state index contributed by atoms with van der Waals surface area (Å²) in [5, 5.41) is 2.99. The molecule has 6 heteroatoms. The molecule has 0 radical (unpaired) electrons. The molecule has 0 spiro atoms. The van der Waals surface area contributed by atoms with Crippen molar-refractivity contribution in [3.8, 4) is 0 Å². The van der Waals surface area contributed by atoms with Crippen LogP contribution < -0.4 is 11.1 Å². The largest absolute Gasteiger partial charge is 0.416 e. The van der Waals surface area contributed by atoms with Gasteiger partial charge in [-0.1, -0.05) is 42.5 Å². The van der Waals surface area contributed by atoms with Crippen LogP contribution in [0.4, 0.5) is 13.2 Å². The molecule has 23 heavy (non-hydrogen) atoms. The third kappa shape index (κ3) is 4.32. The molecule has 2 aromatic rings. The van der Waals surface area contributed by atoms with Gasteiger partial charge < -0.3 is 5.73 Å². The van der Waals surface area contributed by atoms with Crippen LogP contribution in [-0.4, -0.2) is 5.91 Å². The minimum absolute atomic E-state index is 0.432. The molecule has 0 bridgehead atoms. The van der Waals surface area contributed by atoms with Crippen molar-refractivity contribution in [1.29, 1.82) is 0 Å². The molecule has 0 heterocycles. The fourth-order valence-electron chi connectivity index (χ4n) is 2.32. The summed E-state index contributed by atoms with van der Waals surface area (Å²) < 4.78 is 38.4. The summed E-state index contributed by atoms with van der Waals surface area (Å²) in [6, 6.07) is 12.6. The maximum Gasteiger partial charge on any atom is 0.416 e. The quantitative estimate of drug-likeness (QED) is 0.884. The lowest BCUT2D eigenvalue weighted by molar-refractivity contribution is -0.137. The molecule has 0 saturated carbocycles. The number of primary amides is 1. The molecule has 2 unspecified atom stereocenters. The van der Waals surface area contributed by atoms with Crippen molar-refractivity contribution < 1.29 is 18.0 Å². The van der Waals surface area contributed by atoms with Crippen LogP contribution in [0.2, 0.25) is 0 Å². The highest BCUT2D eigenvalue weighted by Crippen LogP contribution is 2.31. The van der Waals surface area contributed by atoms with Gasteiger partial charge in [0.15, 0.2) is 0 Å². The third-order valence-corrected chi connectivity index (χ3v) is 3.55. The molecule has 0 fully saturated rings. The van der Waals surface area contributed by atoms with Gasteiger partial charge in [0.05, 0.1) is 5.56 Å². The maximum atomic E-state index is 12.8. The van der Waals surface area contributed by atoms with E-state index >= 15 is 0 Å². The molecule has 1 amide bonds. The summed E-state index contributed by atoms with van der Waals surface area (Å²) >= 11 is 0. The molecule has 3 nitrogen and oxygen atoms in total. The lowest BCUT2D eigenvalue weighted by Crippen LogP contribution is -2.35. The summed E-state index contributed by atoms with van der Waals surface area (Å²) in [5.74, 6) is -0.588. The Balaban J connectivity index is 2.23. The van der Waals surface area contributed by atoms with Crippen molar-refractivity contribution >= 4 is 5.91 Å². The number of halogens is 3. The average molecular weight is 322 g/mol. The molecular formula is C17H17F3N2O. The number of benzene rings is 2. The number of carbonyl (C=O) groups excluding carboxylic acids is 1. The van der Waals surface area contributed by atoms with Gasteiger partial charge in [-0.3, -0.25) is 10.1 Å². The third-order valence-electron chi connectivity index (χ3n) is 3.55. The van der Waals surface area contributed by atoms with E-state index in [4.69, 9.17) is 5.73 Å². The van der Waals surface area contributed by atoms with Crippen LogP contribution in [0.1, 0.15) is 35.7 Å². The molecule has 0 aliphatic rings. The molecule has 2 rings (SSSR count). The molecule has 3 N–H and O–H groups in total. The Morgan fingerprint density at radius 2 is 1.65 bits per heavy atom. The fourth-order valence-corrected chi connectivity index (χ4v) is 2.32. The van der Waals surface area contributed by atoms with Gasteiger partial charge in [-0.15, -0.1) is 0 Å². The highest BCUT2D eigenvalue weighted by atomic mass is 19.4. The summed E-state index contributed by atoms with van der Waals surface area (Å²) in [6.45, 7) is 1.69. The first-order valence-corrected chi connectivity index (χ1v) is 7.06. The van der Waals surface area contributed by atoms with Gasteiger partial charge in [-0.25, -0.2) is 0 Å². The van der Waals surface area contributed by atoms with Crippen molar-refractivity contribution in [3.05, 3.63) is 71.3 Å². The van der Waals surface area contributed by atoms with Gasteiger partial charge in [0.2, 0.25) is 5.91 Å². The van der Waals surface area contributed by atoms with Crippen molar-refractivity contribution in [1.82, 2.24) is 5.32 Å². The number of carbonyl (C=O) groups is 1. The summed E-state index contributed by atoms with van der Waals surface area (Å²) in [4.78, 5) is 11.7. The van der Waals surface area contributed by atoms with Gasteiger partial charge in [-0.05, 0) is 30.2 Å². The van der Waals surface area contributed by atoms with Crippen molar-refractivity contribution in [3.63, 3.8) is 0 Å². The number of alkyl halides is 3. The minimum atomic E-state index is -4.40. The van der Waals surface area contributed by atoms with E-state index in [-0.39, 0.29) is 0 Å². The zero-order chi connectivity index (χ0) is 17.0. The molecule has 122 valence electrons. The van der Waals surface area contributed by atoms with Gasteiger partial charge >= 0.3 is 6.18 Å². The lowest BCUT2D eigenvalue weighted by atomic mass is 10.0. The Hall–Kier alpha value is -2.34. The van der Waals surface area contributed by atoms with E-state index in [2.05, 4.69) is 5.32 Å². The van der Waals surface area contributed by atoms with Crippen molar-refractivity contribution in [2.24, 2.45) is 5.73 Å². The first-order chi connectivity index (χ1) is 10.8. The molecule has 0 saturated heterocycles. The number of amides is 1. The van der Waals surface area contributed by atoms with Crippen molar-refractivity contribution in [2.75, 3.05) is 0 Å². The van der Waals surface area contributed by atoms with Gasteiger partial charge in [0.1, 0.15) is 6.04 Å². The Kier molecular flexibility index (Phi) is 5.05. The summed E-state index contributed by atoms with van der Waals surface area (Å²) in [6.07, 6.45) is -4.40. The molecule has 0 aliphatic heterocycles. The monoisotopic (exact) mass is 322 g/mol. The van der Waals surface area contributed by atoms with E-state index in [1.807, 2.05) is 0 Å². The molecular weight excluding hydrogens is 305 g/mol. The molecule has 2 aromatic carbocycles. The molecule has 2 atom stereocenters. The lowest BCUT2D eigenvalue weighted by Gasteiger charge is -2.22. The SMILES string of the molecule is CC(NC(C(N)=O)c1ccccc1)c1cccc(C(F)(F)F)c1. The van der Waals surface area contributed by atoms with Crippen LogP contribution >= 0.6 is 0 Å². The van der Waals surface area contributed by atoms with Crippen LogP contribution in [0, 0.1) is 0 Å². The van der Waals surface area contributed by atoms with E-state index in [0.717, 1.165) is 12.1 Å². The second kappa shape index (κ2) is 6.83. The number of nitrogens with two attached hydrogens (primary N) is 1. The number of hydrogen-bond donors (Lipinski definition) is 2. The van der Waals surface area contributed by atoms with E-state index in [1.165, 1.54) is 6.07 Å². The molecule has 0 aromatic heterocycles. The Morgan fingerprint density at radius 3 is 2.22 bits per heavy atom. The maximum absolute atomic E-state index is 12.8. The van der Waals surface area contributed by atoms with E-state index < -0.39 is 29.7 Å². The zero-order valence-corrected chi connectivity index (χ0v) is 12.5. The van der Waals surface area contributed by atoms with Crippen molar-refractivity contribution in [2.45, 2.75) is 25.2 Å². The predicted molar refractivity (Wildman–Crippen MR) is 81.4 cm³/mol. The Labute approximate surface area is 132 Å². The van der Waals surface area contributed by atoms with Crippen LogP contribution in [0.25, 0.3) is 0 Å². The van der Waals surface area contributed by atoms with E-state index in [9.17, 15) is 18.0 Å². The van der Waals surface area contributed by atoms with E-state index in [0.29, 0.717) is 11.1 Å². The molecule has 0 aliphatic carbocycles. The summed E-state index contributed by atoms with van der Waals surface area (Å²) in [5.41, 5.74) is 5.79. The second-order valence-electron chi connectivity index (χ2n) is 5.26. The van der Waals surface area contributed by atoms with Gasteiger partial charge in [-0.2, -0.15) is 13.2 Å². The van der Waals surface area contributed by atoms with E-state index in [1.54, 1.807) is 43.3 Å². The van der Waals surface area contributed by atoms with Crippen LogP contribution in [0.3, 0.4) is 0 Å². The zero-order valence-electron chi connectivity index (χ0n) is 12.5. The summed E-state index contributed by atoms with van der Waals surface area (Å²) in [7, 11) is 0. The second-order valence-corrected chi connectivity index (χ2v) is 5.26. The highest BCUT2D eigenvalue weighted by Gasteiger charge is 2.31. The number of hydrogen-bond acceptors (Lipinski definition) is 2. The highest BCUT2D eigenvalue weighted by molar-refractivity contribution is 5.81. The number of rotatable bonds is 5. The first kappa shape index (κ1) is 17.0. The fraction of sp³-hybridized carbons (Fsp3) is 0.235. The van der Waals surface area contributed by atoms with Crippen LogP contribution in [0.15, 0.2) is 54.6 Å². The van der Waals surface area contributed by atoms with Crippen LogP contribution in [0.5, 0.6) is 0 Å². The first-order valence-electron chi connectivity index (χ1n) is 7.06. The topological polar surface area (TPSA) is 55.1 Å². The Bertz CT molecular complexity index is 671. The van der Waals surface area contributed by atoms with Gasteiger partial charge in [0.25, 0.3) is 0 Å². The minimum Gasteiger partial charge on any atom is -0.368 e. The smallest absolute Gasteiger partial charge is 0.368 e.